The maximum atomic E-state index is 6.54. The van der Waals surface area contributed by atoms with Crippen LogP contribution >= 0.6 is 0 Å². The fourth-order valence-electron chi connectivity index (χ4n) is 3.30. The van der Waals surface area contributed by atoms with E-state index < -0.39 is 44.6 Å². The van der Waals surface area contributed by atoms with Crippen molar-refractivity contribution in [3.05, 3.63) is 0 Å². The monoisotopic (exact) mass is 500 g/mol. The Balaban J connectivity index is 1.99. The first kappa shape index (κ1) is 25.5. The van der Waals surface area contributed by atoms with Gasteiger partial charge in [-0.15, -0.1) is 0 Å². The fourth-order valence-corrected chi connectivity index (χ4v) is 22.6. The second-order valence-corrected chi connectivity index (χ2v) is 21.1. The molecule has 2 heterocycles. The summed E-state index contributed by atoms with van der Waals surface area (Å²) in [4.78, 5) is 0. The topological polar surface area (TPSA) is 86.4 Å². The molecular weight excluding hydrogens is 465 g/mol. The lowest BCUT2D eigenvalue weighted by Gasteiger charge is -2.41. The van der Waals surface area contributed by atoms with Crippen LogP contribution in [0, 0.1) is 0 Å². The molecule has 2 aliphatic heterocycles. The van der Waals surface area contributed by atoms with E-state index in [9.17, 15) is 0 Å². The average Bonchev–Trinajstić information content (AvgIpc) is 3.50. The summed E-state index contributed by atoms with van der Waals surface area (Å²) >= 11 is 0. The summed E-state index contributed by atoms with van der Waals surface area (Å²) in [6.07, 6.45) is 1.23. The predicted molar refractivity (Wildman–Crippen MR) is 120 cm³/mol. The molecule has 2 rings (SSSR count). The average molecular weight is 501 g/mol. The van der Waals surface area contributed by atoms with Crippen molar-refractivity contribution >= 4 is 50.4 Å². The van der Waals surface area contributed by atoms with Crippen LogP contribution in [0.3, 0.4) is 0 Å². The summed E-state index contributed by atoms with van der Waals surface area (Å²) in [5.41, 5.74) is 0. The van der Waals surface area contributed by atoms with Crippen LogP contribution in [0.25, 0.3) is 0 Å². The van der Waals surface area contributed by atoms with Crippen molar-refractivity contribution in [2.24, 2.45) is 0 Å². The van der Waals surface area contributed by atoms with Gasteiger partial charge in [0.1, 0.15) is 6.10 Å². The standard InChI is InChI=1S/C15H36O9Si5/c1-14(29(16-2,17-3)18-4)28(7)23-25(5)21-13-27(22-26(6)24-28)10-8-9-19-11-15-12-20-15/h13-15,25-26H,8-12H2,1-7H3/b27-13+. The molecule has 0 amide bonds. The van der Waals surface area contributed by atoms with Crippen LogP contribution < -0.4 is 0 Å². The second-order valence-electron chi connectivity index (χ2n) is 7.30. The van der Waals surface area contributed by atoms with E-state index >= 15 is 0 Å². The number of hydrogen-bond donors (Lipinski definition) is 0. The maximum Gasteiger partial charge on any atom is 0.505 e. The van der Waals surface area contributed by atoms with Crippen LogP contribution in [-0.2, 0) is 39.5 Å². The maximum absolute atomic E-state index is 6.54. The van der Waals surface area contributed by atoms with Gasteiger partial charge in [0, 0.05) is 27.9 Å². The molecule has 0 aromatic rings. The molecule has 0 spiro atoms. The summed E-state index contributed by atoms with van der Waals surface area (Å²) in [5, 5.41) is -0.126. The Bertz CT molecular complexity index is 526. The summed E-state index contributed by atoms with van der Waals surface area (Å²) < 4.78 is 53.2. The summed E-state index contributed by atoms with van der Waals surface area (Å²) in [7, 11) is -5.97. The zero-order chi connectivity index (χ0) is 21.5. The van der Waals surface area contributed by atoms with Crippen molar-refractivity contribution in [1.82, 2.24) is 0 Å². The van der Waals surface area contributed by atoms with E-state index in [1.54, 1.807) is 21.3 Å². The third kappa shape index (κ3) is 7.42. The molecule has 0 bridgehead atoms. The van der Waals surface area contributed by atoms with Gasteiger partial charge in [-0.05, 0) is 32.1 Å². The highest BCUT2D eigenvalue weighted by Crippen LogP contribution is 2.35. The molecule has 5 atom stereocenters. The van der Waals surface area contributed by atoms with Gasteiger partial charge in [-0.3, -0.25) is 0 Å². The van der Waals surface area contributed by atoms with Crippen molar-refractivity contribution < 1.29 is 39.5 Å². The molecule has 0 N–H and O–H groups in total. The van der Waals surface area contributed by atoms with Crippen LogP contribution in [-0.4, -0.2) is 97.7 Å². The molecule has 1 fully saturated rings. The van der Waals surface area contributed by atoms with Crippen LogP contribution in [0.4, 0.5) is 0 Å². The Labute approximate surface area is 181 Å². The lowest BCUT2D eigenvalue weighted by molar-refractivity contribution is 0.116. The van der Waals surface area contributed by atoms with Gasteiger partial charge in [-0.25, -0.2) is 0 Å². The van der Waals surface area contributed by atoms with Crippen LogP contribution in [0.15, 0.2) is 0 Å². The Morgan fingerprint density at radius 1 is 1.17 bits per heavy atom. The normalized spacial score (nSPS) is 33.3. The van der Waals surface area contributed by atoms with E-state index in [1.807, 2.05) is 32.4 Å². The van der Waals surface area contributed by atoms with E-state index in [1.165, 1.54) is 0 Å². The molecule has 0 aromatic carbocycles. The molecule has 0 radical (unpaired) electrons. The first-order valence-corrected chi connectivity index (χ1v) is 20.1. The Morgan fingerprint density at radius 3 is 2.38 bits per heavy atom. The van der Waals surface area contributed by atoms with Gasteiger partial charge >= 0.3 is 35.9 Å². The van der Waals surface area contributed by atoms with E-state index in [4.69, 9.17) is 39.5 Å². The van der Waals surface area contributed by atoms with Crippen molar-refractivity contribution in [2.75, 3.05) is 41.2 Å². The molecule has 170 valence electrons. The zero-order valence-electron chi connectivity index (χ0n) is 18.6. The molecule has 29 heavy (non-hydrogen) atoms. The fraction of sp³-hybridized carbons (Fsp3) is 0.933. The number of ether oxygens (including phenoxy) is 2. The highest BCUT2D eigenvalue weighted by atomic mass is 28.5. The van der Waals surface area contributed by atoms with Crippen molar-refractivity contribution in [3.63, 3.8) is 0 Å². The van der Waals surface area contributed by atoms with E-state index in [0.29, 0.717) is 19.3 Å². The minimum absolute atomic E-state index is 0.126. The Kier molecular flexibility index (Phi) is 10.4. The van der Waals surface area contributed by atoms with Crippen molar-refractivity contribution in [1.29, 1.82) is 0 Å². The van der Waals surface area contributed by atoms with Gasteiger partial charge in [-0.2, -0.15) is 0 Å². The molecule has 5 unspecified atom stereocenters. The Hall–Kier alpha value is 0.274. The minimum atomic E-state index is -2.93. The molecule has 0 saturated carbocycles. The third-order valence-electron chi connectivity index (χ3n) is 5.10. The molecule has 0 aliphatic carbocycles. The molecule has 0 aromatic heterocycles. The van der Waals surface area contributed by atoms with Gasteiger partial charge < -0.3 is 39.5 Å². The van der Waals surface area contributed by atoms with Gasteiger partial charge in [0.25, 0.3) is 8.65 Å². The summed E-state index contributed by atoms with van der Waals surface area (Å²) in [5.74, 6) is 1.89. The largest absolute Gasteiger partial charge is 0.587 e. The van der Waals surface area contributed by atoms with Gasteiger partial charge in [0.15, 0.2) is 0 Å². The Morgan fingerprint density at radius 2 is 1.79 bits per heavy atom. The van der Waals surface area contributed by atoms with E-state index in [2.05, 4.69) is 0 Å². The van der Waals surface area contributed by atoms with E-state index in [-0.39, 0.29) is 5.16 Å². The van der Waals surface area contributed by atoms with Crippen LogP contribution in [0.2, 0.25) is 30.8 Å². The lowest BCUT2D eigenvalue weighted by atomic mass is 10.5. The first-order chi connectivity index (χ1) is 13.8. The van der Waals surface area contributed by atoms with E-state index in [0.717, 1.165) is 19.1 Å². The lowest BCUT2D eigenvalue weighted by Crippen LogP contribution is -2.61. The van der Waals surface area contributed by atoms with Crippen LogP contribution in [0.1, 0.15) is 13.3 Å². The molecule has 9 nitrogen and oxygen atoms in total. The zero-order valence-corrected chi connectivity index (χ0v) is 23.9. The smallest absolute Gasteiger partial charge is 0.505 e. The van der Waals surface area contributed by atoms with Gasteiger partial charge in [-0.1, -0.05) is 6.92 Å². The van der Waals surface area contributed by atoms with Crippen molar-refractivity contribution in [3.8, 4) is 0 Å². The summed E-state index contributed by atoms with van der Waals surface area (Å²) in [6, 6.07) is 0.915. The SMILES string of the molecule is CO[Si](OC)(OC)C(C)[Si]1(C)O[SiH](C)O/C=[Si](\CCCOCC2CO2)O[SiH](C)O1. The minimum Gasteiger partial charge on any atom is -0.587 e. The highest BCUT2D eigenvalue weighted by molar-refractivity contribution is 6.90. The van der Waals surface area contributed by atoms with Crippen LogP contribution in [0.5, 0.6) is 0 Å². The molecular formula is C15H36O9Si5. The third-order valence-corrected chi connectivity index (χ3v) is 23.0. The number of rotatable bonds is 11. The quantitative estimate of drug-likeness (QED) is 0.232. The molecule has 14 heteroatoms. The number of hydrogen-bond acceptors (Lipinski definition) is 9. The predicted octanol–water partition coefficient (Wildman–Crippen LogP) is 0.785. The molecule has 1 saturated heterocycles. The number of epoxide rings is 1. The highest BCUT2D eigenvalue weighted by Gasteiger charge is 2.59. The first-order valence-electron chi connectivity index (χ1n) is 10.00. The van der Waals surface area contributed by atoms with Gasteiger partial charge in [0.2, 0.25) is 0 Å². The van der Waals surface area contributed by atoms with Gasteiger partial charge in [0.05, 0.1) is 24.2 Å². The molecule has 2 aliphatic rings. The second kappa shape index (κ2) is 11.8. The van der Waals surface area contributed by atoms with Crippen molar-refractivity contribution in [2.45, 2.75) is 50.3 Å². The summed E-state index contributed by atoms with van der Waals surface area (Å²) in [6.45, 7) is 10.4.